The van der Waals surface area contributed by atoms with Crippen LogP contribution in [0.2, 0.25) is 0 Å². The number of ether oxygens (including phenoxy) is 1. The lowest BCUT2D eigenvalue weighted by atomic mass is 10.2. The highest BCUT2D eigenvalue weighted by Crippen LogP contribution is 2.12. The molecule has 0 fully saturated rings. The molecule has 3 nitrogen and oxygen atoms in total. The summed E-state index contributed by atoms with van der Waals surface area (Å²) in [5, 5.41) is 3.47. The monoisotopic (exact) mass is 264 g/mol. The van der Waals surface area contributed by atoms with E-state index < -0.39 is 0 Å². The molecule has 1 aromatic rings. The zero-order valence-corrected chi connectivity index (χ0v) is 12.8. The lowest BCUT2D eigenvalue weighted by Crippen LogP contribution is -2.33. The molecule has 19 heavy (non-hydrogen) atoms. The second kappa shape index (κ2) is 8.94. The maximum atomic E-state index is 5.57. The molecule has 0 bridgehead atoms. The van der Waals surface area contributed by atoms with Gasteiger partial charge >= 0.3 is 0 Å². The molecule has 0 saturated heterocycles. The Morgan fingerprint density at radius 3 is 2.47 bits per heavy atom. The predicted molar refractivity (Wildman–Crippen MR) is 81.7 cm³/mol. The molecular formula is C16H28N2O. The summed E-state index contributed by atoms with van der Waals surface area (Å²) in [4.78, 5) is 2.34. The predicted octanol–water partition coefficient (Wildman–Crippen LogP) is 2.91. The zero-order valence-electron chi connectivity index (χ0n) is 12.8. The van der Waals surface area contributed by atoms with Gasteiger partial charge in [0.1, 0.15) is 5.75 Å². The smallest absolute Gasteiger partial charge is 0.119 e. The van der Waals surface area contributed by atoms with Crippen LogP contribution in [0.1, 0.15) is 32.8 Å². The minimum atomic E-state index is 0.608. The summed E-state index contributed by atoms with van der Waals surface area (Å²) < 4.78 is 5.57. The summed E-state index contributed by atoms with van der Waals surface area (Å²) in [6, 6.07) is 8.96. The number of benzene rings is 1. The van der Waals surface area contributed by atoms with E-state index in [1.54, 1.807) is 0 Å². The van der Waals surface area contributed by atoms with Crippen molar-refractivity contribution in [2.24, 2.45) is 0 Å². The normalized spacial score (nSPS) is 11.3. The van der Waals surface area contributed by atoms with Crippen LogP contribution >= 0.6 is 0 Å². The molecule has 0 heterocycles. The molecule has 3 heteroatoms. The fourth-order valence-corrected chi connectivity index (χ4v) is 1.67. The van der Waals surface area contributed by atoms with Gasteiger partial charge in [-0.15, -0.1) is 0 Å². The van der Waals surface area contributed by atoms with Crippen LogP contribution in [0.5, 0.6) is 5.75 Å². The summed E-state index contributed by atoms with van der Waals surface area (Å²) in [6.45, 7) is 10.4. The van der Waals surface area contributed by atoms with Crippen molar-refractivity contribution in [1.29, 1.82) is 0 Å². The van der Waals surface area contributed by atoms with Crippen molar-refractivity contribution >= 4 is 0 Å². The average Bonchev–Trinajstić information content (AvgIpc) is 2.42. The van der Waals surface area contributed by atoms with Crippen molar-refractivity contribution in [2.45, 2.75) is 39.8 Å². The third-order valence-corrected chi connectivity index (χ3v) is 3.25. The van der Waals surface area contributed by atoms with Crippen LogP contribution in [0.15, 0.2) is 24.3 Å². The van der Waals surface area contributed by atoms with Gasteiger partial charge in [0.2, 0.25) is 0 Å². The third-order valence-electron chi connectivity index (χ3n) is 3.25. The number of nitrogens with zero attached hydrogens (tertiary/aromatic N) is 1. The Balaban J connectivity index is 2.22. The molecule has 0 spiro atoms. The molecule has 1 N–H and O–H groups in total. The van der Waals surface area contributed by atoms with Gasteiger partial charge in [-0.05, 0) is 45.0 Å². The fourth-order valence-electron chi connectivity index (χ4n) is 1.67. The maximum Gasteiger partial charge on any atom is 0.119 e. The van der Waals surface area contributed by atoms with Crippen molar-refractivity contribution in [3.63, 3.8) is 0 Å². The van der Waals surface area contributed by atoms with Crippen LogP contribution in [-0.4, -0.2) is 37.7 Å². The Morgan fingerprint density at radius 2 is 1.89 bits per heavy atom. The summed E-state index contributed by atoms with van der Waals surface area (Å²) >= 11 is 0. The molecule has 0 aliphatic rings. The molecule has 0 aliphatic carbocycles. The summed E-state index contributed by atoms with van der Waals surface area (Å²) in [7, 11) is 2.16. The van der Waals surface area contributed by atoms with E-state index in [1.807, 2.05) is 12.1 Å². The topological polar surface area (TPSA) is 24.5 Å². The first-order chi connectivity index (χ1) is 9.13. The van der Waals surface area contributed by atoms with Crippen LogP contribution in [0.3, 0.4) is 0 Å². The summed E-state index contributed by atoms with van der Waals surface area (Å²) in [5.41, 5.74) is 1.30. The SMILES string of the molecule is CCCOc1ccc(CNCCN(C)C(C)C)cc1. The van der Waals surface area contributed by atoms with E-state index in [1.165, 1.54) is 5.56 Å². The van der Waals surface area contributed by atoms with Crippen LogP contribution in [0.25, 0.3) is 0 Å². The van der Waals surface area contributed by atoms with Gasteiger partial charge < -0.3 is 15.0 Å². The lowest BCUT2D eigenvalue weighted by molar-refractivity contribution is 0.273. The molecular weight excluding hydrogens is 236 g/mol. The molecule has 0 atom stereocenters. The fraction of sp³-hybridized carbons (Fsp3) is 0.625. The van der Waals surface area contributed by atoms with Crippen LogP contribution in [0.4, 0.5) is 0 Å². The number of hydrogen-bond donors (Lipinski definition) is 1. The molecule has 0 unspecified atom stereocenters. The van der Waals surface area contributed by atoms with Crippen molar-refractivity contribution in [3.05, 3.63) is 29.8 Å². The van der Waals surface area contributed by atoms with Gasteiger partial charge in [0.05, 0.1) is 6.61 Å². The van der Waals surface area contributed by atoms with E-state index in [-0.39, 0.29) is 0 Å². The second-order valence-corrected chi connectivity index (χ2v) is 5.24. The second-order valence-electron chi connectivity index (χ2n) is 5.24. The molecule has 0 radical (unpaired) electrons. The van der Waals surface area contributed by atoms with Gasteiger partial charge in [0, 0.05) is 25.7 Å². The quantitative estimate of drug-likeness (QED) is 0.694. The number of likely N-dealkylation sites (N-methyl/N-ethyl adjacent to an activating group) is 1. The first kappa shape index (κ1) is 16.0. The van der Waals surface area contributed by atoms with Gasteiger partial charge in [0.15, 0.2) is 0 Å². The highest BCUT2D eigenvalue weighted by molar-refractivity contribution is 5.27. The third kappa shape index (κ3) is 6.60. The van der Waals surface area contributed by atoms with E-state index in [9.17, 15) is 0 Å². The highest BCUT2D eigenvalue weighted by atomic mass is 16.5. The molecule has 0 saturated carbocycles. The van der Waals surface area contributed by atoms with Gasteiger partial charge in [-0.3, -0.25) is 0 Å². The van der Waals surface area contributed by atoms with E-state index in [2.05, 4.69) is 50.2 Å². The van der Waals surface area contributed by atoms with Gasteiger partial charge in [-0.1, -0.05) is 19.1 Å². The van der Waals surface area contributed by atoms with Gasteiger partial charge in [-0.25, -0.2) is 0 Å². The Kier molecular flexibility index (Phi) is 7.53. The Hall–Kier alpha value is -1.06. The number of hydrogen-bond acceptors (Lipinski definition) is 3. The minimum Gasteiger partial charge on any atom is -0.494 e. The number of nitrogens with one attached hydrogen (secondary N) is 1. The first-order valence-electron chi connectivity index (χ1n) is 7.26. The van der Waals surface area contributed by atoms with Crippen molar-refractivity contribution < 1.29 is 4.74 Å². The zero-order chi connectivity index (χ0) is 14.1. The van der Waals surface area contributed by atoms with Crippen molar-refractivity contribution in [1.82, 2.24) is 10.2 Å². The molecule has 1 rings (SSSR count). The number of rotatable bonds is 9. The van der Waals surface area contributed by atoms with Crippen molar-refractivity contribution in [2.75, 3.05) is 26.7 Å². The standard InChI is InChI=1S/C16H28N2O/c1-5-12-19-16-8-6-15(7-9-16)13-17-10-11-18(4)14(2)3/h6-9,14,17H,5,10-13H2,1-4H3. The largest absolute Gasteiger partial charge is 0.494 e. The summed E-state index contributed by atoms with van der Waals surface area (Å²) in [6.07, 6.45) is 1.05. The lowest BCUT2D eigenvalue weighted by Gasteiger charge is -2.20. The molecule has 0 amide bonds. The van der Waals surface area contributed by atoms with Gasteiger partial charge in [0.25, 0.3) is 0 Å². The van der Waals surface area contributed by atoms with Crippen LogP contribution in [0, 0.1) is 0 Å². The van der Waals surface area contributed by atoms with E-state index in [4.69, 9.17) is 4.74 Å². The average molecular weight is 264 g/mol. The minimum absolute atomic E-state index is 0.608. The molecule has 0 aliphatic heterocycles. The molecule has 108 valence electrons. The Labute approximate surface area is 118 Å². The Morgan fingerprint density at radius 1 is 1.21 bits per heavy atom. The summed E-state index contributed by atoms with van der Waals surface area (Å²) in [5.74, 6) is 0.963. The van der Waals surface area contributed by atoms with Crippen LogP contribution in [-0.2, 0) is 6.54 Å². The van der Waals surface area contributed by atoms with Crippen LogP contribution < -0.4 is 10.1 Å². The Bertz CT molecular complexity index is 335. The van der Waals surface area contributed by atoms with E-state index in [0.29, 0.717) is 6.04 Å². The highest BCUT2D eigenvalue weighted by Gasteiger charge is 2.01. The van der Waals surface area contributed by atoms with E-state index >= 15 is 0 Å². The van der Waals surface area contributed by atoms with E-state index in [0.717, 1.165) is 38.4 Å². The maximum absolute atomic E-state index is 5.57. The molecule has 0 aromatic heterocycles. The first-order valence-corrected chi connectivity index (χ1v) is 7.26. The van der Waals surface area contributed by atoms with Gasteiger partial charge in [-0.2, -0.15) is 0 Å². The van der Waals surface area contributed by atoms with Crippen molar-refractivity contribution in [3.8, 4) is 5.75 Å². The molecule has 1 aromatic carbocycles.